The Morgan fingerprint density at radius 2 is 2.15 bits per heavy atom. The van der Waals surface area contributed by atoms with E-state index in [0.717, 1.165) is 19.1 Å². The Morgan fingerprint density at radius 3 is 2.95 bits per heavy atom. The second-order valence-electron chi connectivity index (χ2n) is 6.17. The van der Waals surface area contributed by atoms with Gasteiger partial charge in [-0.1, -0.05) is 12.5 Å². The van der Waals surface area contributed by atoms with Crippen LogP contribution in [-0.2, 0) is 6.54 Å². The van der Waals surface area contributed by atoms with Gasteiger partial charge >= 0.3 is 0 Å². The zero-order chi connectivity index (χ0) is 14.1. The SMILES string of the molecule is CC1CN2CCCCC2CN1Cc1ccc(F)c(Br)c1. The lowest BCUT2D eigenvalue weighted by atomic mass is 9.97. The number of piperazine rings is 1. The lowest BCUT2D eigenvalue weighted by molar-refractivity contribution is 0.0111. The third-order valence-electron chi connectivity index (χ3n) is 4.69. The number of benzene rings is 1. The maximum atomic E-state index is 13.3. The minimum Gasteiger partial charge on any atom is -0.298 e. The van der Waals surface area contributed by atoms with Crippen LogP contribution in [0.15, 0.2) is 22.7 Å². The summed E-state index contributed by atoms with van der Waals surface area (Å²) in [6, 6.07) is 6.67. The topological polar surface area (TPSA) is 6.48 Å². The van der Waals surface area contributed by atoms with Gasteiger partial charge in [0, 0.05) is 31.7 Å². The molecule has 2 fully saturated rings. The van der Waals surface area contributed by atoms with Crippen molar-refractivity contribution in [3.63, 3.8) is 0 Å². The summed E-state index contributed by atoms with van der Waals surface area (Å²) < 4.78 is 13.9. The Kier molecular flexibility index (Phi) is 4.43. The maximum absolute atomic E-state index is 13.3. The highest BCUT2D eigenvalue weighted by molar-refractivity contribution is 9.10. The summed E-state index contributed by atoms with van der Waals surface area (Å²) >= 11 is 3.28. The molecule has 4 heteroatoms. The first-order chi connectivity index (χ1) is 9.63. The zero-order valence-electron chi connectivity index (χ0n) is 12.0. The summed E-state index contributed by atoms with van der Waals surface area (Å²) in [6.45, 7) is 6.82. The standard InChI is InChI=1S/C16H22BrFN2/c1-12-9-19-7-3-2-4-14(19)11-20(12)10-13-5-6-16(18)15(17)8-13/h5-6,8,12,14H,2-4,7,9-11H2,1H3. The minimum absolute atomic E-state index is 0.182. The lowest BCUT2D eigenvalue weighted by Crippen LogP contribution is -2.58. The average molecular weight is 341 g/mol. The lowest BCUT2D eigenvalue weighted by Gasteiger charge is -2.47. The molecule has 2 nitrogen and oxygen atoms in total. The summed E-state index contributed by atoms with van der Waals surface area (Å²) in [6.07, 6.45) is 4.05. The van der Waals surface area contributed by atoms with Crippen molar-refractivity contribution in [3.05, 3.63) is 34.1 Å². The van der Waals surface area contributed by atoms with Crippen molar-refractivity contribution in [3.8, 4) is 0 Å². The molecule has 2 heterocycles. The average Bonchev–Trinajstić information content (AvgIpc) is 2.44. The van der Waals surface area contributed by atoms with Gasteiger partial charge in [-0.2, -0.15) is 0 Å². The minimum atomic E-state index is -0.182. The van der Waals surface area contributed by atoms with Crippen molar-refractivity contribution in [1.82, 2.24) is 9.80 Å². The molecule has 0 radical (unpaired) electrons. The number of hydrogen-bond acceptors (Lipinski definition) is 2. The van der Waals surface area contributed by atoms with Crippen LogP contribution in [0.3, 0.4) is 0 Å². The largest absolute Gasteiger partial charge is 0.298 e. The summed E-state index contributed by atoms with van der Waals surface area (Å²) in [5.41, 5.74) is 1.19. The van der Waals surface area contributed by atoms with Gasteiger partial charge in [0.05, 0.1) is 4.47 Å². The highest BCUT2D eigenvalue weighted by atomic mass is 79.9. The number of hydrogen-bond donors (Lipinski definition) is 0. The normalized spacial score (nSPS) is 28.4. The van der Waals surface area contributed by atoms with Crippen molar-refractivity contribution in [2.24, 2.45) is 0 Å². The van der Waals surface area contributed by atoms with Crippen LogP contribution in [0.4, 0.5) is 4.39 Å². The molecular formula is C16H22BrFN2. The van der Waals surface area contributed by atoms with Crippen LogP contribution in [0.2, 0.25) is 0 Å². The summed E-state index contributed by atoms with van der Waals surface area (Å²) in [5.74, 6) is -0.182. The van der Waals surface area contributed by atoms with Gasteiger partial charge in [0.2, 0.25) is 0 Å². The fraction of sp³-hybridized carbons (Fsp3) is 0.625. The molecule has 1 aromatic rings. The van der Waals surface area contributed by atoms with Gasteiger partial charge in [-0.3, -0.25) is 9.80 Å². The van der Waals surface area contributed by atoms with Crippen molar-refractivity contribution >= 4 is 15.9 Å². The van der Waals surface area contributed by atoms with Gasteiger partial charge < -0.3 is 0 Å². The molecule has 3 rings (SSSR count). The van der Waals surface area contributed by atoms with Gasteiger partial charge in [0.25, 0.3) is 0 Å². The smallest absolute Gasteiger partial charge is 0.137 e. The van der Waals surface area contributed by atoms with E-state index in [2.05, 4.69) is 32.7 Å². The first-order valence-corrected chi connectivity index (χ1v) is 8.35. The molecule has 0 amide bonds. The van der Waals surface area contributed by atoms with Crippen molar-refractivity contribution in [2.75, 3.05) is 19.6 Å². The van der Waals surface area contributed by atoms with Crippen LogP contribution in [0, 0.1) is 5.82 Å². The molecule has 110 valence electrons. The van der Waals surface area contributed by atoms with Crippen LogP contribution < -0.4 is 0 Å². The van der Waals surface area contributed by atoms with Crippen LogP contribution in [-0.4, -0.2) is 41.5 Å². The van der Waals surface area contributed by atoms with Crippen LogP contribution >= 0.6 is 15.9 Å². The molecule has 20 heavy (non-hydrogen) atoms. The number of fused-ring (bicyclic) bond motifs is 1. The quantitative estimate of drug-likeness (QED) is 0.810. The first kappa shape index (κ1) is 14.5. The van der Waals surface area contributed by atoms with Crippen LogP contribution in [0.1, 0.15) is 31.7 Å². The summed E-state index contributed by atoms with van der Waals surface area (Å²) in [7, 11) is 0. The monoisotopic (exact) mass is 340 g/mol. The molecule has 2 aliphatic heterocycles. The molecule has 0 aromatic heterocycles. The number of piperidine rings is 1. The van der Waals surface area contributed by atoms with E-state index in [1.54, 1.807) is 6.07 Å². The predicted molar refractivity (Wildman–Crippen MR) is 83.2 cm³/mol. The van der Waals surface area contributed by atoms with E-state index in [1.807, 2.05) is 12.1 Å². The van der Waals surface area contributed by atoms with E-state index >= 15 is 0 Å². The second-order valence-corrected chi connectivity index (χ2v) is 7.03. The molecule has 0 aliphatic carbocycles. The Labute approximate surface area is 129 Å². The van der Waals surface area contributed by atoms with E-state index in [0.29, 0.717) is 10.5 Å². The zero-order valence-corrected chi connectivity index (χ0v) is 13.6. The third kappa shape index (κ3) is 3.07. The number of rotatable bonds is 2. The molecule has 0 N–H and O–H groups in total. The van der Waals surface area contributed by atoms with E-state index in [1.165, 1.54) is 37.9 Å². The molecule has 0 bridgehead atoms. The molecular weight excluding hydrogens is 319 g/mol. The maximum Gasteiger partial charge on any atom is 0.137 e. The molecule has 0 spiro atoms. The molecule has 2 unspecified atom stereocenters. The van der Waals surface area contributed by atoms with Gasteiger partial charge in [-0.15, -0.1) is 0 Å². The van der Waals surface area contributed by atoms with Crippen LogP contribution in [0.5, 0.6) is 0 Å². The Bertz CT molecular complexity index is 480. The highest BCUT2D eigenvalue weighted by Crippen LogP contribution is 2.26. The van der Waals surface area contributed by atoms with Gasteiger partial charge in [0.1, 0.15) is 5.82 Å². The molecule has 2 atom stereocenters. The predicted octanol–water partition coefficient (Wildman–Crippen LogP) is 3.65. The van der Waals surface area contributed by atoms with Crippen molar-refractivity contribution in [1.29, 1.82) is 0 Å². The second kappa shape index (κ2) is 6.12. The number of halogens is 2. The van der Waals surface area contributed by atoms with Crippen molar-refractivity contribution < 1.29 is 4.39 Å². The summed E-state index contributed by atoms with van der Waals surface area (Å²) in [4.78, 5) is 5.21. The van der Waals surface area contributed by atoms with Crippen molar-refractivity contribution in [2.45, 2.75) is 44.8 Å². The fourth-order valence-electron chi connectivity index (χ4n) is 3.51. The molecule has 1 aromatic carbocycles. The van der Waals surface area contributed by atoms with Gasteiger partial charge in [0.15, 0.2) is 0 Å². The Balaban J connectivity index is 1.68. The fourth-order valence-corrected chi connectivity index (χ4v) is 3.93. The van der Waals surface area contributed by atoms with E-state index in [9.17, 15) is 4.39 Å². The number of nitrogens with zero attached hydrogens (tertiary/aromatic N) is 2. The van der Waals surface area contributed by atoms with E-state index in [4.69, 9.17) is 0 Å². The van der Waals surface area contributed by atoms with Gasteiger partial charge in [-0.25, -0.2) is 4.39 Å². The molecule has 2 aliphatic rings. The summed E-state index contributed by atoms with van der Waals surface area (Å²) in [5, 5.41) is 0. The molecule has 2 saturated heterocycles. The molecule has 0 saturated carbocycles. The first-order valence-electron chi connectivity index (χ1n) is 7.55. The Hall–Kier alpha value is -0.450. The highest BCUT2D eigenvalue weighted by Gasteiger charge is 2.32. The van der Waals surface area contributed by atoms with E-state index < -0.39 is 0 Å². The van der Waals surface area contributed by atoms with Gasteiger partial charge in [-0.05, 0) is 59.9 Å². The van der Waals surface area contributed by atoms with Crippen LogP contribution in [0.25, 0.3) is 0 Å². The van der Waals surface area contributed by atoms with E-state index in [-0.39, 0.29) is 5.82 Å². The Morgan fingerprint density at radius 1 is 1.30 bits per heavy atom. The third-order valence-corrected chi connectivity index (χ3v) is 5.29.